The summed E-state index contributed by atoms with van der Waals surface area (Å²) in [5.74, 6) is 0. The van der Waals surface area contributed by atoms with E-state index < -0.39 is 11.4 Å². The van der Waals surface area contributed by atoms with Gasteiger partial charge in [0.2, 0.25) is 0 Å². The SMILES string of the molecule is CCOP(=S)(OCC)Sc1nnc(CCc2nnc(SP(=S)(OCC)OCC)s2)s1. The van der Waals surface area contributed by atoms with Crippen molar-refractivity contribution in [3.8, 4) is 0 Å². The first kappa shape index (κ1) is 27.2. The largest absolute Gasteiger partial charge is 0.322 e. The topological polar surface area (TPSA) is 88.5 Å². The Bertz CT molecular complexity index is 792. The maximum Gasteiger partial charge on any atom is 0.254 e. The van der Waals surface area contributed by atoms with E-state index in [0.29, 0.717) is 26.4 Å². The third kappa shape index (κ3) is 9.07. The van der Waals surface area contributed by atoms with Crippen LogP contribution >= 0.6 is 56.8 Å². The van der Waals surface area contributed by atoms with Crippen molar-refractivity contribution >= 4 is 80.4 Å². The summed E-state index contributed by atoms with van der Waals surface area (Å²) in [4.78, 5) is 0. The molecule has 0 aliphatic carbocycles. The van der Waals surface area contributed by atoms with Gasteiger partial charge in [0.1, 0.15) is 10.0 Å². The fourth-order valence-corrected chi connectivity index (χ4v) is 15.2. The van der Waals surface area contributed by atoms with Gasteiger partial charge in [-0.15, -0.1) is 20.4 Å². The van der Waals surface area contributed by atoms with Gasteiger partial charge in [-0.3, -0.25) is 0 Å². The van der Waals surface area contributed by atoms with Crippen molar-refractivity contribution in [2.45, 2.75) is 49.2 Å². The fraction of sp³-hybridized carbons (Fsp3) is 0.714. The van der Waals surface area contributed by atoms with Gasteiger partial charge < -0.3 is 18.1 Å². The van der Waals surface area contributed by atoms with Crippen molar-refractivity contribution in [1.82, 2.24) is 20.4 Å². The van der Waals surface area contributed by atoms with E-state index in [1.807, 2.05) is 27.7 Å². The molecule has 0 unspecified atom stereocenters. The molecule has 0 saturated carbocycles. The summed E-state index contributed by atoms with van der Waals surface area (Å²) >= 11 is 16.8. The number of aryl methyl sites for hydroxylation is 2. The minimum Gasteiger partial charge on any atom is -0.322 e. The Morgan fingerprint density at radius 2 is 1.00 bits per heavy atom. The van der Waals surface area contributed by atoms with Gasteiger partial charge in [0, 0.05) is 12.8 Å². The lowest BCUT2D eigenvalue weighted by Gasteiger charge is -2.17. The average molecular weight is 567 g/mol. The molecule has 8 nitrogen and oxygen atoms in total. The fourth-order valence-electron chi connectivity index (χ4n) is 1.97. The smallest absolute Gasteiger partial charge is 0.254 e. The first-order valence-electron chi connectivity index (χ1n) is 9.17. The summed E-state index contributed by atoms with van der Waals surface area (Å²) in [5.41, 5.74) is -4.86. The van der Waals surface area contributed by atoms with Gasteiger partial charge in [0.25, 0.3) is 11.4 Å². The van der Waals surface area contributed by atoms with Gasteiger partial charge in [0.05, 0.1) is 26.4 Å². The summed E-state index contributed by atoms with van der Waals surface area (Å²) in [6, 6.07) is 0. The molecule has 0 saturated heterocycles. The van der Waals surface area contributed by atoms with E-state index >= 15 is 0 Å². The highest BCUT2D eigenvalue weighted by Gasteiger charge is 2.24. The van der Waals surface area contributed by atoms with Gasteiger partial charge in [-0.05, 0) is 74.1 Å². The molecule has 0 aromatic carbocycles. The molecule has 2 aromatic rings. The van der Waals surface area contributed by atoms with Gasteiger partial charge in [-0.2, -0.15) is 0 Å². The lowest BCUT2D eigenvalue weighted by molar-refractivity contribution is 0.280. The van der Waals surface area contributed by atoms with E-state index in [4.69, 9.17) is 41.7 Å². The van der Waals surface area contributed by atoms with Gasteiger partial charge in [0.15, 0.2) is 8.68 Å². The normalized spacial score (nSPS) is 12.5. The van der Waals surface area contributed by atoms with Crippen LogP contribution < -0.4 is 0 Å². The molecule has 0 N–H and O–H groups in total. The zero-order valence-corrected chi connectivity index (χ0v) is 23.7. The number of hydrogen-bond acceptors (Lipinski definition) is 14. The highest BCUT2D eigenvalue weighted by Crippen LogP contribution is 2.65. The zero-order valence-electron chi connectivity index (χ0n) is 17.0. The van der Waals surface area contributed by atoms with Crippen LogP contribution in [0.25, 0.3) is 0 Å². The van der Waals surface area contributed by atoms with Crippen LogP contribution in [0.1, 0.15) is 37.7 Å². The molecule has 0 fully saturated rings. The van der Waals surface area contributed by atoms with E-state index in [2.05, 4.69) is 20.4 Å². The van der Waals surface area contributed by atoms with Crippen molar-refractivity contribution in [3.63, 3.8) is 0 Å². The molecule has 0 aliphatic heterocycles. The first-order valence-corrected chi connectivity index (χ1v) is 18.9. The molecule has 170 valence electrons. The molecular formula is C14H24N4O4P2S6. The first-order chi connectivity index (χ1) is 14.3. The molecule has 0 aliphatic rings. The summed E-state index contributed by atoms with van der Waals surface area (Å²) in [6.45, 7) is 9.65. The second kappa shape index (κ2) is 13.6. The van der Waals surface area contributed by atoms with E-state index in [1.165, 1.54) is 45.4 Å². The molecule has 30 heavy (non-hydrogen) atoms. The third-order valence-electron chi connectivity index (χ3n) is 2.98. The van der Waals surface area contributed by atoms with Crippen LogP contribution in [-0.4, -0.2) is 46.8 Å². The minimum atomic E-state index is -2.43. The van der Waals surface area contributed by atoms with Gasteiger partial charge in [-0.1, -0.05) is 22.7 Å². The molecule has 0 amide bonds. The molecule has 0 atom stereocenters. The second-order valence-electron chi connectivity index (χ2n) is 5.17. The minimum absolute atomic E-state index is 0.508. The molecule has 2 heterocycles. The standard InChI is InChI=1S/C14H24N4O4P2S6/c1-5-19-23(25,20-6-2)29-13-17-15-11(27-13)9-10-12-16-18-14(28-12)30-24(26,21-7-3)22-8-4/h5-10H2,1-4H3. The van der Waals surface area contributed by atoms with Gasteiger partial charge in [-0.25, -0.2) is 0 Å². The number of nitrogens with zero attached hydrogens (tertiary/aromatic N) is 4. The molecule has 0 spiro atoms. The Morgan fingerprint density at radius 1 is 0.667 bits per heavy atom. The van der Waals surface area contributed by atoms with Crippen molar-refractivity contribution in [2.75, 3.05) is 26.4 Å². The molecular weight excluding hydrogens is 543 g/mol. The molecule has 2 aromatic heterocycles. The van der Waals surface area contributed by atoms with Gasteiger partial charge >= 0.3 is 0 Å². The third-order valence-corrected chi connectivity index (χ3v) is 15.7. The molecule has 0 radical (unpaired) electrons. The van der Waals surface area contributed by atoms with E-state index in [9.17, 15) is 0 Å². The monoisotopic (exact) mass is 566 g/mol. The Kier molecular flexibility index (Phi) is 12.3. The van der Waals surface area contributed by atoms with Crippen LogP contribution in [-0.2, 0) is 54.6 Å². The Labute approximate surface area is 203 Å². The van der Waals surface area contributed by atoms with E-state index in [0.717, 1.165) is 31.5 Å². The van der Waals surface area contributed by atoms with E-state index in [1.54, 1.807) is 0 Å². The van der Waals surface area contributed by atoms with Crippen molar-refractivity contribution in [1.29, 1.82) is 0 Å². The van der Waals surface area contributed by atoms with Crippen LogP contribution in [0, 0.1) is 0 Å². The average Bonchev–Trinajstić information content (AvgIpc) is 3.29. The highest BCUT2D eigenvalue weighted by molar-refractivity contribution is 8.68. The predicted molar refractivity (Wildman–Crippen MR) is 134 cm³/mol. The highest BCUT2D eigenvalue weighted by atomic mass is 32.9. The van der Waals surface area contributed by atoms with Crippen LogP contribution in [0.5, 0.6) is 0 Å². The van der Waals surface area contributed by atoms with E-state index in [-0.39, 0.29) is 0 Å². The predicted octanol–water partition coefficient (Wildman–Crippen LogP) is 5.95. The summed E-state index contributed by atoms with van der Waals surface area (Å²) in [7, 11) is 0. The van der Waals surface area contributed by atoms with Crippen LogP contribution in [0.4, 0.5) is 0 Å². The maximum absolute atomic E-state index is 5.65. The number of aromatic nitrogens is 4. The summed E-state index contributed by atoms with van der Waals surface area (Å²) < 4.78 is 24.1. The lowest BCUT2D eigenvalue weighted by atomic mass is 10.3. The van der Waals surface area contributed by atoms with Crippen molar-refractivity contribution < 1.29 is 18.1 Å². The number of rotatable bonds is 15. The van der Waals surface area contributed by atoms with Crippen LogP contribution in [0.2, 0.25) is 0 Å². The quantitative estimate of drug-likeness (QED) is 0.239. The number of hydrogen-bond donors (Lipinski definition) is 0. The van der Waals surface area contributed by atoms with Crippen LogP contribution in [0.15, 0.2) is 8.68 Å². The summed E-state index contributed by atoms with van der Waals surface area (Å²) in [6.07, 6.45) is 1.43. The van der Waals surface area contributed by atoms with Crippen molar-refractivity contribution in [2.24, 2.45) is 0 Å². The maximum atomic E-state index is 5.65. The Hall–Kier alpha value is 0.960. The molecule has 0 bridgehead atoms. The molecule has 16 heteroatoms. The zero-order chi connectivity index (χ0) is 22.0. The Morgan fingerprint density at radius 3 is 1.30 bits per heavy atom. The van der Waals surface area contributed by atoms with Crippen LogP contribution in [0.3, 0.4) is 0 Å². The lowest BCUT2D eigenvalue weighted by Crippen LogP contribution is -1.91. The van der Waals surface area contributed by atoms with Crippen molar-refractivity contribution in [3.05, 3.63) is 10.0 Å². The second-order valence-corrected chi connectivity index (χ2v) is 20.0. The Balaban J connectivity index is 1.93. The molecule has 2 rings (SSSR count). The summed E-state index contributed by atoms with van der Waals surface area (Å²) in [5, 5.41) is 18.8.